The van der Waals surface area contributed by atoms with Crippen molar-refractivity contribution in [2.45, 2.75) is 26.4 Å². The Hall–Kier alpha value is -0.530. The van der Waals surface area contributed by atoms with Crippen LogP contribution in [0.3, 0.4) is 0 Å². The minimum Gasteiger partial charge on any atom is -0.300 e. The summed E-state index contributed by atoms with van der Waals surface area (Å²) in [4.78, 5) is 2.33. The number of hydrogen-bond acceptors (Lipinski definition) is 1. The maximum absolute atomic E-state index is 2.33. The molecule has 13 heavy (non-hydrogen) atoms. The van der Waals surface area contributed by atoms with Gasteiger partial charge in [-0.25, -0.2) is 0 Å². The van der Waals surface area contributed by atoms with Gasteiger partial charge in [-0.3, -0.25) is 4.90 Å². The van der Waals surface area contributed by atoms with Crippen LogP contribution < -0.4 is 0 Å². The fraction of sp³-hybridized carbons (Fsp3) is 0.455. The second-order valence-electron chi connectivity index (χ2n) is 3.49. The summed E-state index contributed by atoms with van der Waals surface area (Å²) in [6, 6.07) is 11.2. The van der Waals surface area contributed by atoms with E-state index >= 15 is 0 Å². The van der Waals surface area contributed by atoms with E-state index in [0.717, 1.165) is 6.54 Å². The van der Waals surface area contributed by atoms with Gasteiger partial charge < -0.3 is 0 Å². The largest absolute Gasteiger partial charge is 0.300 e. The zero-order valence-corrected chi connectivity index (χ0v) is 9.34. The van der Waals surface area contributed by atoms with Crippen LogP contribution in [0.15, 0.2) is 30.3 Å². The Morgan fingerprint density at radius 2 is 1.69 bits per heavy atom. The van der Waals surface area contributed by atoms with Crippen LogP contribution in [-0.2, 0) is 6.54 Å². The molecule has 0 spiro atoms. The summed E-state index contributed by atoms with van der Waals surface area (Å²) < 4.78 is 0. The average Bonchev–Trinajstić information content (AvgIpc) is 2.06. The van der Waals surface area contributed by atoms with Gasteiger partial charge in [0.1, 0.15) is 0 Å². The summed E-state index contributed by atoms with van der Waals surface area (Å²) in [7, 11) is 2.15. The molecule has 0 aliphatic rings. The van der Waals surface area contributed by atoms with Crippen molar-refractivity contribution < 1.29 is 0 Å². The quantitative estimate of drug-likeness (QED) is 0.724. The Bertz CT molecular complexity index is 221. The number of hydrogen-bond donors (Lipinski definition) is 0. The number of halogens is 1. The molecule has 0 atom stereocenters. The molecule has 1 aromatic rings. The summed E-state index contributed by atoms with van der Waals surface area (Å²) in [5.74, 6) is 0. The van der Waals surface area contributed by atoms with Crippen molar-refractivity contribution in [3.8, 4) is 0 Å². The van der Waals surface area contributed by atoms with Crippen molar-refractivity contribution in [1.29, 1.82) is 0 Å². The molecule has 2 heteroatoms. The molecule has 0 fully saturated rings. The van der Waals surface area contributed by atoms with Gasteiger partial charge in [0, 0.05) is 12.6 Å². The molecule has 0 saturated heterocycles. The maximum Gasteiger partial charge on any atom is 0.0233 e. The molecule has 0 N–H and O–H groups in total. The molecule has 0 aliphatic heterocycles. The standard InChI is InChI=1S/C11H17N.ClH/c1-10(2)12(3)9-11-7-5-4-6-8-11;/h4-8,10H,9H2,1-3H3;1H. The minimum atomic E-state index is 0. The Morgan fingerprint density at radius 3 is 2.15 bits per heavy atom. The highest BCUT2D eigenvalue weighted by Gasteiger charge is 2.02. The van der Waals surface area contributed by atoms with Crippen LogP contribution in [0.4, 0.5) is 0 Å². The molecule has 74 valence electrons. The van der Waals surface area contributed by atoms with Crippen LogP contribution in [0, 0.1) is 0 Å². The highest BCUT2D eigenvalue weighted by molar-refractivity contribution is 5.85. The average molecular weight is 200 g/mol. The number of nitrogens with zero attached hydrogens (tertiary/aromatic N) is 1. The van der Waals surface area contributed by atoms with E-state index in [0.29, 0.717) is 6.04 Å². The lowest BCUT2D eigenvalue weighted by Gasteiger charge is -2.20. The molecule has 0 aliphatic carbocycles. The van der Waals surface area contributed by atoms with E-state index in [1.54, 1.807) is 0 Å². The highest BCUT2D eigenvalue weighted by Crippen LogP contribution is 2.04. The van der Waals surface area contributed by atoms with Crippen LogP contribution in [0.25, 0.3) is 0 Å². The molecule has 1 aromatic carbocycles. The second-order valence-corrected chi connectivity index (χ2v) is 3.49. The summed E-state index contributed by atoms with van der Waals surface area (Å²) in [5, 5.41) is 0. The Labute approximate surface area is 87.2 Å². The number of benzene rings is 1. The normalized spacial score (nSPS) is 10.2. The van der Waals surface area contributed by atoms with Crippen LogP contribution in [0.2, 0.25) is 0 Å². The zero-order chi connectivity index (χ0) is 8.97. The first-order valence-corrected chi connectivity index (χ1v) is 4.44. The molecule has 0 radical (unpaired) electrons. The van der Waals surface area contributed by atoms with E-state index in [2.05, 4.69) is 56.1 Å². The molecule has 0 aromatic heterocycles. The first-order valence-electron chi connectivity index (χ1n) is 4.44. The number of rotatable bonds is 3. The topological polar surface area (TPSA) is 3.24 Å². The Morgan fingerprint density at radius 1 is 1.15 bits per heavy atom. The molecule has 1 nitrogen and oxygen atoms in total. The monoisotopic (exact) mass is 199 g/mol. The van der Waals surface area contributed by atoms with Gasteiger partial charge in [0.15, 0.2) is 0 Å². The summed E-state index contributed by atoms with van der Waals surface area (Å²) in [6.45, 7) is 5.46. The molecule has 0 amide bonds. The molecular formula is C11H18ClN. The molecule has 0 unspecified atom stereocenters. The van der Waals surface area contributed by atoms with Gasteiger partial charge in [-0.15, -0.1) is 12.4 Å². The van der Waals surface area contributed by atoms with Crippen LogP contribution >= 0.6 is 12.4 Å². The minimum absolute atomic E-state index is 0. The molecule has 0 saturated carbocycles. The Balaban J connectivity index is 0.00000144. The van der Waals surface area contributed by atoms with Gasteiger partial charge in [0.05, 0.1) is 0 Å². The first kappa shape index (κ1) is 12.5. The van der Waals surface area contributed by atoms with Crippen LogP contribution in [0.5, 0.6) is 0 Å². The van der Waals surface area contributed by atoms with E-state index in [1.807, 2.05) is 0 Å². The van der Waals surface area contributed by atoms with Crippen LogP contribution in [-0.4, -0.2) is 18.0 Å². The molecular weight excluding hydrogens is 182 g/mol. The summed E-state index contributed by atoms with van der Waals surface area (Å²) in [5.41, 5.74) is 1.38. The lowest BCUT2D eigenvalue weighted by Crippen LogP contribution is -2.25. The van der Waals surface area contributed by atoms with Crippen molar-refractivity contribution in [1.82, 2.24) is 4.90 Å². The summed E-state index contributed by atoms with van der Waals surface area (Å²) >= 11 is 0. The fourth-order valence-corrected chi connectivity index (χ4v) is 1.05. The second kappa shape index (κ2) is 6.01. The Kier molecular flexibility index (Phi) is 5.76. The first-order chi connectivity index (χ1) is 5.70. The third-order valence-corrected chi connectivity index (χ3v) is 2.16. The van der Waals surface area contributed by atoms with Crippen molar-refractivity contribution in [2.24, 2.45) is 0 Å². The predicted octanol–water partition coefficient (Wildman–Crippen LogP) is 2.95. The molecule has 0 bridgehead atoms. The predicted molar refractivity (Wildman–Crippen MR) is 60.3 cm³/mol. The maximum atomic E-state index is 2.33. The van der Waals surface area contributed by atoms with Crippen molar-refractivity contribution in [2.75, 3.05) is 7.05 Å². The zero-order valence-electron chi connectivity index (χ0n) is 8.53. The van der Waals surface area contributed by atoms with Crippen molar-refractivity contribution in [3.63, 3.8) is 0 Å². The lowest BCUT2D eigenvalue weighted by molar-refractivity contribution is 0.266. The van der Waals surface area contributed by atoms with Gasteiger partial charge in [-0.05, 0) is 26.5 Å². The van der Waals surface area contributed by atoms with Crippen molar-refractivity contribution in [3.05, 3.63) is 35.9 Å². The lowest BCUT2D eigenvalue weighted by atomic mass is 10.2. The van der Waals surface area contributed by atoms with E-state index in [-0.39, 0.29) is 12.4 Å². The van der Waals surface area contributed by atoms with Gasteiger partial charge in [-0.2, -0.15) is 0 Å². The van der Waals surface area contributed by atoms with E-state index in [1.165, 1.54) is 5.56 Å². The van der Waals surface area contributed by atoms with Gasteiger partial charge >= 0.3 is 0 Å². The SMILES string of the molecule is CC(C)N(C)Cc1ccccc1.Cl. The van der Waals surface area contributed by atoms with E-state index in [9.17, 15) is 0 Å². The molecule has 1 rings (SSSR count). The summed E-state index contributed by atoms with van der Waals surface area (Å²) in [6.07, 6.45) is 0. The van der Waals surface area contributed by atoms with Gasteiger partial charge in [0.25, 0.3) is 0 Å². The third-order valence-electron chi connectivity index (χ3n) is 2.16. The molecule has 0 heterocycles. The van der Waals surface area contributed by atoms with Gasteiger partial charge in [-0.1, -0.05) is 30.3 Å². The van der Waals surface area contributed by atoms with Crippen molar-refractivity contribution >= 4 is 12.4 Å². The van der Waals surface area contributed by atoms with E-state index < -0.39 is 0 Å². The van der Waals surface area contributed by atoms with Gasteiger partial charge in [0.2, 0.25) is 0 Å². The smallest absolute Gasteiger partial charge is 0.0233 e. The fourth-order valence-electron chi connectivity index (χ4n) is 1.05. The third kappa shape index (κ3) is 4.30. The van der Waals surface area contributed by atoms with Crippen LogP contribution in [0.1, 0.15) is 19.4 Å². The van der Waals surface area contributed by atoms with E-state index in [4.69, 9.17) is 0 Å². The highest BCUT2D eigenvalue weighted by atomic mass is 35.5.